The van der Waals surface area contributed by atoms with E-state index in [9.17, 15) is 0 Å². The lowest BCUT2D eigenvalue weighted by Gasteiger charge is -2.13. The summed E-state index contributed by atoms with van der Waals surface area (Å²) in [5.74, 6) is 2.25. The van der Waals surface area contributed by atoms with Gasteiger partial charge in [0, 0.05) is 17.1 Å². The zero-order valence-electron chi connectivity index (χ0n) is 12.7. The van der Waals surface area contributed by atoms with Gasteiger partial charge in [-0.3, -0.25) is 0 Å². The van der Waals surface area contributed by atoms with Crippen molar-refractivity contribution >= 4 is 44.3 Å². The molecule has 1 aromatic heterocycles. The van der Waals surface area contributed by atoms with Gasteiger partial charge in [0.2, 0.25) is 0 Å². The van der Waals surface area contributed by atoms with Gasteiger partial charge in [-0.25, -0.2) is 9.97 Å². The zero-order valence-corrected chi connectivity index (χ0v) is 16.4. The van der Waals surface area contributed by atoms with Crippen molar-refractivity contribution < 1.29 is 0 Å². The van der Waals surface area contributed by atoms with E-state index in [0.29, 0.717) is 5.92 Å². The van der Waals surface area contributed by atoms with Crippen molar-refractivity contribution in [2.45, 2.75) is 27.2 Å². The maximum atomic E-state index is 4.79. The maximum Gasteiger partial charge on any atom is 0.161 e. The lowest BCUT2D eigenvalue weighted by Crippen LogP contribution is -2.08. The summed E-state index contributed by atoms with van der Waals surface area (Å²) in [4.78, 5) is 9.44. The van der Waals surface area contributed by atoms with Crippen molar-refractivity contribution in [2.75, 3.05) is 12.4 Å². The molecule has 0 bridgehead atoms. The molecule has 112 valence electrons. The summed E-state index contributed by atoms with van der Waals surface area (Å²) in [7, 11) is 1.90. The zero-order chi connectivity index (χ0) is 15.6. The first-order valence-corrected chi connectivity index (χ1v) is 8.80. The molecule has 0 spiro atoms. The van der Waals surface area contributed by atoms with Crippen LogP contribution >= 0.6 is 38.5 Å². The fraction of sp³-hybridized carbons (Fsp3) is 0.375. The molecule has 1 heterocycles. The molecule has 21 heavy (non-hydrogen) atoms. The van der Waals surface area contributed by atoms with Gasteiger partial charge in [0.15, 0.2) is 5.82 Å². The van der Waals surface area contributed by atoms with Crippen molar-refractivity contribution in [3.8, 4) is 11.4 Å². The molecular weight excluding hydrogens is 441 g/mol. The number of halogens is 2. The van der Waals surface area contributed by atoms with E-state index in [2.05, 4.69) is 81.7 Å². The minimum atomic E-state index is 0.567. The summed E-state index contributed by atoms with van der Waals surface area (Å²) in [5.41, 5.74) is 3.35. The summed E-state index contributed by atoms with van der Waals surface area (Å²) in [6.07, 6.45) is 0.956. The van der Waals surface area contributed by atoms with Gasteiger partial charge >= 0.3 is 0 Å². The number of aryl methyl sites for hydroxylation is 1. The Hall–Kier alpha value is -0.690. The average molecular weight is 460 g/mol. The SMILES string of the molecule is CNc1nc(-c2ccc(Br)c(C)c2)nc(CC(C)C)c1I. The largest absolute Gasteiger partial charge is 0.372 e. The predicted molar refractivity (Wildman–Crippen MR) is 101 cm³/mol. The van der Waals surface area contributed by atoms with Crippen LogP contribution in [0.1, 0.15) is 25.1 Å². The summed E-state index contributed by atoms with van der Waals surface area (Å²) in [5, 5.41) is 3.18. The van der Waals surface area contributed by atoms with E-state index in [1.165, 1.54) is 5.56 Å². The highest BCUT2D eigenvalue weighted by Gasteiger charge is 2.14. The standard InChI is InChI=1S/C16H19BrIN3/c1-9(2)7-13-14(18)16(19-4)21-15(20-13)11-5-6-12(17)10(3)8-11/h5-6,8-9H,7H2,1-4H3,(H,19,20,21). The third kappa shape index (κ3) is 3.94. The number of nitrogens with zero attached hydrogens (tertiary/aromatic N) is 2. The second-order valence-electron chi connectivity index (χ2n) is 5.47. The van der Waals surface area contributed by atoms with Crippen LogP contribution in [0.3, 0.4) is 0 Å². The van der Waals surface area contributed by atoms with Crippen LogP contribution in [0, 0.1) is 16.4 Å². The molecule has 0 amide bonds. The third-order valence-electron chi connectivity index (χ3n) is 3.17. The lowest BCUT2D eigenvalue weighted by atomic mass is 10.1. The number of aromatic nitrogens is 2. The van der Waals surface area contributed by atoms with Crippen LogP contribution in [0.25, 0.3) is 11.4 Å². The molecule has 0 aliphatic rings. The quantitative estimate of drug-likeness (QED) is 0.649. The summed E-state index contributed by atoms with van der Waals surface area (Å²) in [6, 6.07) is 6.22. The highest BCUT2D eigenvalue weighted by atomic mass is 127. The first kappa shape index (κ1) is 16.7. The minimum Gasteiger partial charge on any atom is -0.372 e. The van der Waals surface area contributed by atoms with Crippen molar-refractivity contribution in [3.63, 3.8) is 0 Å². The van der Waals surface area contributed by atoms with Crippen LogP contribution < -0.4 is 5.32 Å². The Labute approximate surface area is 148 Å². The van der Waals surface area contributed by atoms with E-state index in [4.69, 9.17) is 4.98 Å². The first-order chi connectivity index (χ1) is 9.92. The average Bonchev–Trinajstić information content (AvgIpc) is 2.43. The Morgan fingerprint density at radius 3 is 2.57 bits per heavy atom. The van der Waals surface area contributed by atoms with Gasteiger partial charge in [-0.2, -0.15) is 0 Å². The molecule has 0 saturated carbocycles. The highest BCUT2D eigenvalue weighted by Crippen LogP contribution is 2.27. The molecular formula is C16H19BrIN3. The maximum absolute atomic E-state index is 4.79. The van der Waals surface area contributed by atoms with Gasteiger partial charge in [0.05, 0.1) is 9.26 Å². The van der Waals surface area contributed by atoms with E-state index in [0.717, 1.165) is 37.4 Å². The Morgan fingerprint density at radius 2 is 2.00 bits per heavy atom. The molecule has 0 saturated heterocycles. The molecule has 0 fully saturated rings. The van der Waals surface area contributed by atoms with Crippen molar-refractivity contribution in [1.29, 1.82) is 0 Å². The summed E-state index contributed by atoms with van der Waals surface area (Å²) < 4.78 is 2.22. The normalized spacial score (nSPS) is 11.0. The number of rotatable bonds is 4. The van der Waals surface area contributed by atoms with Crippen LogP contribution in [0.15, 0.2) is 22.7 Å². The molecule has 1 aromatic carbocycles. The minimum absolute atomic E-state index is 0.567. The van der Waals surface area contributed by atoms with Crippen LogP contribution in [0.2, 0.25) is 0 Å². The van der Waals surface area contributed by atoms with Gasteiger partial charge < -0.3 is 5.32 Å². The fourth-order valence-corrected chi connectivity index (χ4v) is 3.07. The van der Waals surface area contributed by atoms with Crippen LogP contribution in [-0.4, -0.2) is 17.0 Å². The Balaban J connectivity index is 2.54. The fourth-order valence-electron chi connectivity index (χ4n) is 2.09. The predicted octanol–water partition coefficient (Wildman–Crippen LogP) is 5.06. The van der Waals surface area contributed by atoms with E-state index < -0.39 is 0 Å². The van der Waals surface area contributed by atoms with Gasteiger partial charge in [-0.15, -0.1) is 0 Å². The van der Waals surface area contributed by atoms with E-state index >= 15 is 0 Å². The molecule has 0 aliphatic heterocycles. The van der Waals surface area contributed by atoms with Gasteiger partial charge in [0.1, 0.15) is 5.82 Å². The Morgan fingerprint density at radius 1 is 1.29 bits per heavy atom. The molecule has 1 N–H and O–H groups in total. The molecule has 2 aromatic rings. The third-order valence-corrected chi connectivity index (χ3v) is 5.20. The van der Waals surface area contributed by atoms with E-state index in [1.54, 1.807) is 0 Å². The topological polar surface area (TPSA) is 37.8 Å². The summed E-state index contributed by atoms with van der Waals surface area (Å²) >= 11 is 5.86. The van der Waals surface area contributed by atoms with Crippen LogP contribution in [0.4, 0.5) is 5.82 Å². The van der Waals surface area contributed by atoms with E-state index in [1.807, 2.05) is 13.1 Å². The number of anilines is 1. The lowest BCUT2D eigenvalue weighted by molar-refractivity contribution is 0.632. The van der Waals surface area contributed by atoms with Crippen molar-refractivity contribution in [1.82, 2.24) is 9.97 Å². The van der Waals surface area contributed by atoms with E-state index in [-0.39, 0.29) is 0 Å². The second kappa shape index (κ2) is 7.05. The highest BCUT2D eigenvalue weighted by molar-refractivity contribution is 14.1. The van der Waals surface area contributed by atoms with Crippen LogP contribution in [0.5, 0.6) is 0 Å². The monoisotopic (exact) mass is 459 g/mol. The Kier molecular flexibility index (Phi) is 5.60. The van der Waals surface area contributed by atoms with Crippen molar-refractivity contribution in [2.24, 2.45) is 5.92 Å². The molecule has 0 unspecified atom stereocenters. The van der Waals surface area contributed by atoms with Crippen molar-refractivity contribution in [3.05, 3.63) is 37.5 Å². The summed E-state index contributed by atoms with van der Waals surface area (Å²) in [6.45, 7) is 6.50. The molecule has 0 radical (unpaired) electrons. The van der Waals surface area contributed by atoms with Gasteiger partial charge in [0.25, 0.3) is 0 Å². The molecule has 0 atom stereocenters. The number of benzene rings is 1. The second-order valence-corrected chi connectivity index (χ2v) is 7.40. The smallest absolute Gasteiger partial charge is 0.161 e. The molecule has 0 aliphatic carbocycles. The van der Waals surface area contributed by atoms with Gasteiger partial charge in [-0.05, 0) is 59.5 Å². The van der Waals surface area contributed by atoms with Crippen LogP contribution in [-0.2, 0) is 6.42 Å². The Bertz CT molecular complexity index is 656. The number of nitrogens with one attached hydrogen (secondary N) is 1. The molecule has 2 rings (SSSR count). The molecule has 3 nitrogen and oxygen atoms in total. The van der Waals surface area contributed by atoms with Gasteiger partial charge in [-0.1, -0.05) is 35.8 Å². The number of hydrogen-bond donors (Lipinski definition) is 1. The molecule has 5 heteroatoms. The first-order valence-electron chi connectivity index (χ1n) is 6.93. The number of hydrogen-bond acceptors (Lipinski definition) is 3.